The predicted octanol–water partition coefficient (Wildman–Crippen LogP) is 2.17. The molecule has 0 aliphatic carbocycles. The molecule has 0 bridgehead atoms. The molecule has 0 aromatic heterocycles. The van der Waals surface area contributed by atoms with E-state index in [1.807, 2.05) is 0 Å². The lowest BCUT2D eigenvalue weighted by Crippen LogP contribution is -2.38. The van der Waals surface area contributed by atoms with E-state index in [0.29, 0.717) is 13.2 Å². The van der Waals surface area contributed by atoms with Crippen molar-refractivity contribution in [1.82, 2.24) is 15.5 Å². The molecule has 6 nitrogen and oxygen atoms in total. The SMILES string of the molecule is CN=C(NCCCN(C)C)NCc1ccc(C)cc1OCC1CCCO1. The van der Waals surface area contributed by atoms with Crippen LogP contribution in [0.15, 0.2) is 23.2 Å². The first-order valence-electron chi connectivity index (χ1n) is 9.51. The summed E-state index contributed by atoms with van der Waals surface area (Å²) in [7, 11) is 5.97. The van der Waals surface area contributed by atoms with Gasteiger partial charge >= 0.3 is 0 Å². The van der Waals surface area contributed by atoms with Gasteiger partial charge in [0, 0.05) is 32.3 Å². The van der Waals surface area contributed by atoms with Crippen molar-refractivity contribution in [3.63, 3.8) is 0 Å². The first-order valence-corrected chi connectivity index (χ1v) is 9.51. The minimum absolute atomic E-state index is 0.224. The molecule has 1 heterocycles. The number of benzene rings is 1. The summed E-state index contributed by atoms with van der Waals surface area (Å²) in [5, 5.41) is 6.73. The van der Waals surface area contributed by atoms with Crippen LogP contribution in [-0.4, -0.2) is 64.4 Å². The maximum absolute atomic E-state index is 6.06. The Morgan fingerprint density at radius 2 is 2.19 bits per heavy atom. The van der Waals surface area contributed by atoms with E-state index < -0.39 is 0 Å². The Hall–Kier alpha value is -1.79. The number of hydrogen-bond acceptors (Lipinski definition) is 4. The molecule has 1 fully saturated rings. The van der Waals surface area contributed by atoms with Crippen LogP contribution >= 0.6 is 0 Å². The van der Waals surface area contributed by atoms with Crippen molar-refractivity contribution >= 4 is 5.96 Å². The van der Waals surface area contributed by atoms with Gasteiger partial charge in [0.05, 0.1) is 6.10 Å². The maximum Gasteiger partial charge on any atom is 0.191 e. The third-order valence-corrected chi connectivity index (χ3v) is 4.42. The van der Waals surface area contributed by atoms with E-state index in [1.165, 1.54) is 5.56 Å². The zero-order chi connectivity index (χ0) is 18.8. The molecule has 1 unspecified atom stereocenters. The van der Waals surface area contributed by atoms with Crippen molar-refractivity contribution in [2.45, 2.75) is 38.8 Å². The van der Waals surface area contributed by atoms with Crippen molar-refractivity contribution in [1.29, 1.82) is 0 Å². The fourth-order valence-electron chi connectivity index (χ4n) is 2.90. The molecular formula is C20H34N4O2. The lowest BCUT2D eigenvalue weighted by Gasteiger charge is -2.17. The number of nitrogens with zero attached hydrogens (tertiary/aromatic N) is 2. The van der Waals surface area contributed by atoms with Crippen LogP contribution in [0.5, 0.6) is 5.75 Å². The molecule has 1 aliphatic heterocycles. The van der Waals surface area contributed by atoms with Gasteiger partial charge in [-0.15, -0.1) is 0 Å². The van der Waals surface area contributed by atoms with Gasteiger partial charge in [0.25, 0.3) is 0 Å². The van der Waals surface area contributed by atoms with E-state index in [9.17, 15) is 0 Å². The number of nitrogens with one attached hydrogen (secondary N) is 2. The summed E-state index contributed by atoms with van der Waals surface area (Å²) in [6.45, 7) is 6.19. The topological polar surface area (TPSA) is 58.1 Å². The van der Waals surface area contributed by atoms with Gasteiger partial charge in [-0.1, -0.05) is 12.1 Å². The van der Waals surface area contributed by atoms with Gasteiger partial charge in [-0.25, -0.2) is 0 Å². The van der Waals surface area contributed by atoms with Crippen molar-refractivity contribution in [2.24, 2.45) is 4.99 Å². The fraction of sp³-hybridized carbons (Fsp3) is 0.650. The Morgan fingerprint density at radius 3 is 2.88 bits per heavy atom. The van der Waals surface area contributed by atoms with E-state index in [1.54, 1.807) is 7.05 Å². The van der Waals surface area contributed by atoms with Crippen molar-refractivity contribution in [3.05, 3.63) is 29.3 Å². The molecule has 26 heavy (non-hydrogen) atoms. The molecule has 1 aromatic carbocycles. The van der Waals surface area contributed by atoms with Gasteiger partial charge in [0.2, 0.25) is 0 Å². The molecule has 0 spiro atoms. The second kappa shape index (κ2) is 11.0. The number of rotatable bonds is 9. The second-order valence-corrected chi connectivity index (χ2v) is 7.07. The van der Waals surface area contributed by atoms with Gasteiger partial charge in [-0.05, 0) is 58.5 Å². The molecule has 0 radical (unpaired) electrons. The van der Waals surface area contributed by atoms with Gasteiger partial charge in [0.15, 0.2) is 5.96 Å². The Morgan fingerprint density at radius 1 is 1.35 bits per heavy atom. The molecule has 146 valence electrons. The van der Waals surface area contributed by atoms with Crippen LogP contribution in [0.2, 0.25) is 0 Å². The average Bonchev–Trinajstić information content (AvgIpc) is 3.14. The first-order chi connectivity index (χ1) is 12.6. The molecule has 1 aliphatic rings. The van der Waals surface area contributed by atoms with E-state index in [0.717, 1.165) is 56.2 Å². The first kappa shape index (κ1) is 20.5. The van der Waals surface area contributed by atoms with Crippen LogP contribution in [0, 0.1) is 6.92 Å². The minimum Gasteiger partial charge on any atom is -0.491 e. The third-order valence-electron chi connectivity index (χ3n) is 4.42. The summed E-state index contributed by atoms with van der Waals surface area (Å²) in [6, 6.07) is 6.33. The molecule has 1 atom stereocenters. The number of ether oxygens (including phenoxy) is 2. The summed E-state index contributed by atoms with van der Waals surface area (Å²) >= 11 is 0. The highest BCUT2D eigenvalue weighted by atomic mass is 16.5. The zero-order valence-corrected chi connectivity index (χ0v) is 16.7. The standard InChI is InChI=1S/C20H34N4O2/c1-16-8-9-17(19(13-16)26-15-18-7-5-12-25-18)14-23-20(21-2)22-10-6-11-24(3)4/h8-9,13,18H,5-7,10-12,14-15H2,1-4H3,(H2,21,22,23). The number of aliphatic imine (C=N–C) groups is 1. The van der Waals surface area contributed by atoms with Gasteiger partial charge < -0.3 is 25.0 Å². The Bertz CT molecular complexity index is 569. The summed E-state index contributed by atoms with van der Waals surface area (Å²) in [5.74, 6) is 1.74. The van der Waals surface area contributed by atoms with Crippen molar-refractivity contribution in [3.8, 4) is 5.75 Å². The van der Waals surface area contributed by atoms with Crippen molar-refractivity contribution in [2.75, 3.05) is 47.4 Å². The van der Waals surface area contributed by atoms with Crippen LogP contribution in [0.25, 0.3) is 0 Å². The Kier molecular flexibility index (Phi) is 8.71. The lowest BCUT2D eigenvalue weighted by molar-refractivity contribution is 0.0676. The average molecular weight is 363 g/mol. The molecule has 2 rings (SSSR count). The molecule has 0 saturated carbocycles. The highest BCUT2D eigenvalue weighted by Gasteiger charge is 2.17. The maximum atomic E-state index is 6.06. The normalized spacial score (nSPS) is 17.6. The molecule has 0 amide bonds. The molecule has 2 N–H and O–H groups in total. The molecule has 6 heteroatoms. The molecular weight excluding hydrogens is 328 g/mol. The van der Waals surface area contributed by atoms with Crippen LogP contribution in [0.3, 0.4) is 0 Å². The summed E-state index contributed by atoms with van der Waals surface area (Å²) in [4.78, 5) is 6.48. The number of hydrogen-bond donors (Lipinski definition) is 2. The highest BCUT2D eigenvalue weighted by molar-refractivity contribution is 5.79. The summed E-state index contributed by atoms with van der Waals surface area (Å²) < 4.78 is 11.7. The Balaban J connectivity index is 1.84. The minimum atomic E-state index is 0.224. The number of aryl methyl sites for hydroxylation is 1. The number of guanidine groups is 1. The highest BCUT2D eigenvalue weighted by Crippen LogP contribution is 2.22. The van der Waals surface area contributed by atoms with E-state index in [4.69, 9.17) is 9.47 Å². The van der Waals surface area contributed by atoms with Crippen molar-refractivity contribution < 1.29 is 9.47 Å². The van der Waals surface area contributed by atoms with Crippen LogP contribution in [0.1, 0.15) is 30.4 Å². The van der Waals surface area contributed by atoms with E-state index >= 15 is 0 Å². The monoisotopic (exact) mass is 362 g/mol. The summed E-state index contributed by atoms with van der Waals surface area (Å²) in [5.41, 5.74) is 2.33. The second-order valence-electron chi connectivity index (χ2n) is 7.07. The smallest absolute Gasteiger partial charge is 0.191 e. The largest absolute Gasteiger partial charge is 0.491 e. The zero-order valence-electron chi connectivity index (χ0n) is 16.7. The van der Waals surface area contributed by atoms with E-state index in [-0.39, 0.29) is 6.10 Å². The summed E-state index contributed by atoms with van der Waals surface area (Å²) in [6.07, 6.45) is 3.52. The van der Waals surface area contributed by atoms with Crippen LogP contribution in [-0.2, 0) is 11.3 Å². The Labute approximate surface area is 158 Å². The fourth-order valence-corrected chi connectivity index (χ4v) is 2.90. The quantitative estimate of drug-likeness (QED) is 0.401. The predicted molar refractivity (Wildman–Crippen MR) is 107 cm³/mol. The third kappa shape index (κ3) is 7.22. The lowest BCUT2D eigenvalue weighted by atomic mass is 10.1. The molecule has 1 saturated heterocycles. The van der Waals surface area contributed by atoms with Crippen LogP contribution < -0.4 is 15.4 Å². The van der Waals surface area contributed by atoms with Gasteiger partial charge in [0.1, 0.15) is 12.4 Å². The van der Waals surface area contributed by atoms with Gasteiger partial charge in [-0.2, -0.15) is 0 Å². The van der Waals surface area contributed by atoms with Gasteiger partial charge in [-0.3, -0.25) is 4.99 Å². The molecule has 1 aromatic rings. The van der Waals surface area contributed by atoms with Crippen LogP contribution in [0.4, 0.5) is 0 Å². The van der Waals surface area contributed by atoms with E-state index in [2.05, 4.69) is 59.7 Å².